The summed E-state index contributed by atoms with van der Waals surface area (Å²) in [5, 5.41) is 7.42. The second-order valence-corrected chi connectivity index (χ2v) is 5.55. The molecular formula is C14H19F2N3O2. The summed E-state index contributed by atoms with van der Waals surface area (Å²) in [4.78, 5) is 23.0. The van der Waals surface area contributed by atoms with Gasteiger partial charge in [-0.2, -0.15) is 0 Å². The third-order valence-electron chi connectivity index (χ3n) is 2.31. The van der Waals surface area contributed by atoms with Crippen LogP contribution in [0.2, 0.25) is 0 Å². The molecule has 0 radical (unpaired) electrons. The smallest absolute Gasteiger partial charge is 0.238 e. The van der Waals surface area contributed by atoms with Gasteiger partial charge in [0.25, 0.3) is 0 Å². The van der Waals surface area contributed by atoms with Gasteiger partial charge < -0.3 is 10.6 Å². The Kier molecular flexibility index (Phi) is 5.78. The predicted molar refractivity (Wildman–Crippen MR) is 75.8 cm³/mol. The summed E-state index contributed by atoms with van der Waals surface area (Å²) in [6.45, 7) is 5.20. The molecule has 0 aliphatic heterocycles. The summed E-state index contributed by atoms with van der Waals surface area (Å²) in [5.74, 6) is -2.61. The molecule has 21 heavy (non-hydrogen) atoms. The summed E-state index contributed by atoms with van der Waals surface area (Å²) in [6.07, 6.45) is 0. The number of halogens is 2. The molecule has 116 valence electrons. The molecule has 0 atom stereocenters. The van der Waals surface area contributed by atoms with Gasteiger partial charge in [-0.15, -0.1) is 0 Å². The monoisotopic (exact) mass is 299 g/mol. The average molecular weight is 299 g/mol. The van der Waals surface area contributed by atoms with Crippen molar-refractivity contribution in [2.24, 2.45) is 0 Å². The average Bonchev–Trinajstić information content (AvgIpc) is 2.31. The Hall–Kier alpha value is -2.02. The lowest BCUT2D eigenvalue weighted by Crippen LogP contribution is -2.45. The number of nitrogens with one attached hydrogen (secondary N) is 3. The van der Waals surface area contributed by atoms with E-state index in [1.165, 1.54) is 6.07 Å². The van der Waals surface area contributed by atoms with E-state index < -0.39 is 23.2 Å². The lowest BCUT2D eigenvalue weighted by Gasteiger charge is -2.20. The molecule has 1 aromatic rings. The highest BCUT2D eigenvalue weighted by molar-refractivity contribution is 5.92. The third-order valence-corrected chi connectivity index (χ3v) is 2.31. The van der Waals surface area contributed by atoms with Gasteiger partial charge in [0, 0.05) is 5.54 Å². The van der Waals surface area contributed by atoms with Crippen LogP contribution in [0.5, 0.6) is 0 Å². The standard InChI is InChI=1S/C14H19F2N3O2/c1-14(2,3)19-12(21)8-17-7-11(20)18-13-9(15)5-4-6-10(13)16/h4-6,17H,7-8H2,1-3H3,(H,18,20)(H,19,21). The van der Waals surface area contributed by atoms with Gasteiger partial charge in [-0.25, -0.2) is 8.78 Å². The molecule has 1 aromatic carbocycles. The number of rotatable bonds is 5. The zero-order valence-corrected chi connectivity index (χ0v) is 12.2. The Balaban J connectivity index is 2.40. The molecule has 0 saturated heterocycles. The number of carbonyl (C=O) groups is 2. The molecule has 0 aromatic heterocycles. The molecule has 5 nitrogen and oxygen atoms in total. The van der Waals surface area contributed by atoms with Gasteiger partial charge >= 0.3 is 0 Å². The second-order valence-electron chi connectivity index (χ2n) is 5.55. The molecule has 0 spiro atoms. The highest BCUT2D eigenvalue weighted by atomic mass is 19.1. The van der Waals surface area contributed by atoms with Gasteiger partial charge in [-0.3, -0.25) is 14.9 Å². The van der Waals surface area contributed by atoms with Crippen LogP contribution >= 0.6 is 0 Å². The first kappa shape index (κ1) is 17.0. The van der Waals surface area contributed by atoms with Gasteiger partial charge in [0.05, 0.1) is 13.1 Å². The highest BCUT2D eigenvalue weighted by Gasteiger charge is 2.14. The first-order valence-electron chi connectivity index (χ1n) is 6.44. The molecule has 0 heterocycles. The molecule has 0 fully saturated rings. The first-order valence-corrected chi connectivity index (χ1v) is 6.44. The zero-order valence-electron chi connectivity index (χ0n) is 12.2. The van der Waals surface area contributed by atoms with Crippen LogP contribution in [0.1, 0.15) is 20.8 Å². The SMILES string of the molecule is CC(C)(C)NC(=O)CNCC(=O)Nc1c(F)cccc1F. The third kappa shape index (κ3) is 6.31. The van der Waals surface area contributed by atoms with E-state index in [0.29, 0.717) is 0 Å². The second kappa shape index (κ2) is 7.12. The summed E-state index contributed by atoms with van der Waals surface area (Å²) in [6, 6.07) is 3.29. The van der Waals surface area contributed by atoms with Gasteiger partial charge in [-0.05, 0) is 32.9 Å². The first-order chi connectivity index (χ1) is 9.69. The number of hydrogen-bond donors (Lipinski definition) is 3. The summed E-state index contributed by atoms with van der Waals surface area (Å²) in [5.41, 5.74) is -0.861. The molecule has 7 heteroatoms. The lowest BCUT2D eigenvalue weighted by atomic mass is 10.1. The van der Waals surface area contributed by atoms with Crippen LogP contribution < -0.4 is 16.0 Å². The van der Waals surface area contributed by atoms with Crippen molar-refractivity contribution in [3.63, 3.8) is 0 Å². The van der Waals surface area contributed by atoms with Crippen molar-refractivity contribution in [1.29, 1.82) is 0 Å². The van der Waals surface area contributed by atoms with Gasteiger partial charge in [0.2, 0.25) is 11.8 Å². The Morgan fingerprint density at radius 3 is 2.10 bits per heavy atom. The van der Waals surface area contributed by atoms with Crippen LogP contribution in [0, 0.1) is 11.6 Å². The fourth-order valence-corrected chi connectivity index (χ4v) is 1.55. The summed E-state index contributed by atoms with van der Waals surface area (Å²) >= 11 is 0. The Morgan fingerprint density at radius 2 is 1.57 bits per heavy atom. The fraction of sp³-hybridized carbons (Fsp3) is 0.429. The van der Waals surface area contributed by atoms with Crippen LogP contribution in [0.15, 0.2) is 18.2 Å². The van der Waals surface area contributed by atoms with E-state index in [1.54, 1.807) is 0 Å². The minimum absolute atomic E-state index is 0.0650. The highest BCUT2D eigenvalue weighted by Crippen LogP contribution is 2.17. The lowest BCUT2D eigenvalue weighted by molar-refractivity contribution is -0.121. The van der Waals surface area contributed by atoms with Crippen molar-refractivity contribution < 1.29 is 18.4 Å². The quantitative estimate of drug-likeness (QED) is 0.770. The van der Waals surface area contributed by atoms with Gasteiger partial charge in [0.15, 0.2) is 0 Å². The van der Waals surface area contributed by atoms with E-state index in [-0.39, 0.29) is 24.5 Å². The molecular weight excluding hydrogens is 280 g/mol. The van der Waals surface area contributed by atoms with Crippen molar-refractivity contribution in [3.8, 4) is 0 Å². The maximum Gasteiger partial charge on any atom is 0.238 e. The van der Waals surface area contributed by atoms with Crippen LogP contribution in [0.4, 0.5) is 14.5 Å². The number of amides is 2. The van der Waals surface area contributed by atoms with Crippen LogP contribution in [-0.4, -0.2) is 30.4 Å². The molecule has 0 aliphatic carbocycles. The molecule has 0 unspecified atom stereocenters. The fourth-order valence-electron chi connectivity index (χ4n) is 1.55. The van der Waals surface area contributed by atoms with E-state index in [2.05, 4.69) is 16.0 Å². The van der Waals surface area contributed by atoms with Crippen molar-refractivity contribution in [3.05, 3.63) is 29.8 Å². The Morgan fingerprint density at radius 1 is 1.05 bits per heavy atom. The van der Waals surface area contributed by atoms with Crippen molar-refractivity contribution >= 4 is 17.5 Å². The number of carbonyl (C=O) groups excluding carboxylic acids is 2. The van der Waals surface area contributed by atoms with Crippen LogP contribution in [0.3, 0.4) is 0 Å². The number of hydrogen-bond acceptors (Lipinski definition) is 3. The molecule has 0 aliphatic rings. The predicted octanol–water partition coefficient (Wildman–Crippen LogP) is 1.41. The number of anilines is 1. The molecule has 0 saturated carbocycles. The largest absolute Gasteiger partial charge is 0.350 e. The zero-order chi connectivity index (χ0) is 16.0. The Bertz CT molecular complexity index is 507. The topological polar surface area (TPSA) is 70.2 Å². The summed E-state index contributed by atoms with van der Waals surface area (Å²) in [7, 11) is 0. The molecule has 0 bridgehead atoms. The molecule has 2 amide bonds. The Labute approximate surface area is 122 Å². The minimum Gasteiger partial charge on any atom is -0.350 e. The van der Waals surface area contributed by atoms with E-state index in [4.69, 9.17) is 0 Å². The summed E-state index contributed by atoms with van der Waals surface area (Å²) < 4.78 is 26.6. The van der Waals surface area contributed by atoms with Crippen LogP contribution in [0.25, 0.3) is 0 Å². The number of para-hydroxylation sites is 1. The molecule has 3 N–H and O–H groups in total. The maximum atomic E-state index is 13.3. The van der Waals surface area contributed by atoms with Crippen molar-refractivity contribution in [2.45, 2.75) is 26.3 Å². The van der Waals surface area contributed by atoms with E-state index in [0.717, 1.165) is 12.1 Å². The van der Waals surface area contributed by atoms with Crippen molar-refractivity contribution in [2.75, 3.05) is 18.4 Å². The van der Waals surface area contributed by atoms with E-state index >= 15 is 0 Å². The van der Waals surface area contributed by atoms with E-state index in [9.17, 15) is 18.4 Å². The minimum atomic E-state index is -0.853. The van der Waals surface area contributed by atoms with Crippen LogP contribution in [-0.2, 0) is 9.59 Å². The molecule has 1 rings (SSSR count). The number of benzene rings is 1. The van der Waals surface area contributed by atoms with E-state index in [1.807, 2.05) is 20.8 Å². The maximum absolute atomic E-state index is 13.3. The van der Waals surface area contributed by atoms with Gasteiger partial charge in [0.1, 0.15) is 17.3 Å². The van der Waals surface area contributed by atoms with Crippen molar-refractivity contribution in [1.82, 2.24) is 10.6 Å². The van der Waals surface area contributed by atoms with Gasteiger partial charge in [-0.1, -0.05) is 6.07 Å². The normalized spacial score (nSPS) is 11.1.